The molecule has 1 N–H and O–H groups in total. The first-order valence-corrected chi connectivity index (χ1v) is 3.14. The fraction of sp³-hybridized carbons (Fsp3) is 1.00. The van der Waals surface area contributed by atoms with Crippen molar-refractivity contribution in [1.29, 1.82) is 0 Å². The van der Waals surface area contributed by atoms with Crippen LogP contribution in [0.2, 0.25) is 0 Å². The highest BCUT2D eigenvalue weighted by Gasteiger charge is 2.27. The van der Waals surface area contributed by atoms with E-state index in [1.807, 2.05) is 19.0 Å². The number of aliphatic hydroxyl groups excluding tert-OH is 1. The highest BCUT2D eigenvalue weighted by molar-refractivity contribution is 4.79. The number of hydrogen-bond acceptors (Lipinski definition) is 3. The van der Waals surface area contributed by atoms with E-state index >= 15 is 0 Å². The van der Waals surface area contributed by atoms with Crippen LogP contribution in [-0.4, -0.2) is 49.5 Å². The predicted molar refractivity (Wildman–Crippen MR) is 34.3 cm³/mol. The molecule has 0 bridgehead atoms. The highest BCUT2D eigenvalue weighted by Crippen LogP contribution is 2.08. The van der Waals surface area contributed by atoms with Crippen LogP contribution in [0.1, 0.15) is 0 Å². The van der Waals surface area contributed by atoms with Crippen molar-refractivity contribution in [3.05, 3.63) is 0 Å². The van der Waals surface area contributed by atoms with Gasteiger partial charge in [-0.15, -0.1) is 0 Å². The summed E-state index contributed by atoms with van der Waals surface area (Å²) in [5, 5.41) is 9.19. The third-order valence-electron chi connectivity index (χ3n) is 1.68. The lowest BCUT2D eigenvalue weighted by molar-refractivity contribution is 0.105. The third kappa shape index (κ3) is 1.41. The Labute approximate surface area is 55.2 Å². The number of nitrogens with zero attached hydrogens (tertiary/aromatic N) is 1. The van der Waals surface area contributed by atoms with Crippen molar-refractivity contribution >= 4 is 0 Å². The van der Waals surface area contributed by atoms with Crippen LogP contribution in [-0.2, 0) is 4.74 Å². The molecule has 54 valence electrons. The van der Waals surface area contributed by atoms with Gasteiger partial charge in [0.15, 0.2) is 0 Å². The second-order valence-electron chi connectivity index (χ2n) is 2.64. The SMILES string of the molecule is CN(C)[C@H]1COC[C@H]1O. The minimum absolute atomic E-state index is 0.199. The molecule has 0 aromatic carbocycles. The van der Waals surface area contributed by atoms with E-state index in [0.717, 1.165) is 0 Å². The molecule has 0 aromatic rings. The summed E-state index contributed by atoms with van der Waals surface area (Å²) in [5.74, 6) is 0. The van der Waals surface area contributed by atoms with Gasteiger partial charge in [0.05, 0.1) is 25.4 Å². The van der Waals surface area contributed by atoms with E-state index in [9.17, 15) is 5.11 Å². The van der Waals surface area contributed by atoms with E-state index < -0.39 is 0 Å². The van der Waals surface area contributed by atoms with Crippen LogP contribution in [0.25, 0.3) is 0 Å². The molecule has 1 heterocycles. The quantitative estimate of drug-likeness (QED) is 0.511. The van der Waals surface area contributed by atoms with Crippen molar-refractivity contribution in [3.8, 4) is 0 Å². The Morgan fingerprint density at radius 2 is 2.11 bits per heavy atom. The van der Waals surface area contributed by atoms with Crippen LogP contribution in [0, 0.1) is 0 Å². The summed E-state index contributed by atoms with van der Waals surface area (Å²) in [5.41, 5.74) is 0. The average Bonchev–Trinajstić information content (AvgIpc) is 2.13. The Morgan fingerprint density at radius 1 is 1.44 bits per heavy atom. The van der Waals surface area contributed by atoms with Crippen molar-refractivity contribution in [2.24, 2.45) is 0 Å². The Bertz CT molecular complexity index is 95.1. The molecule has 1 rings (SSSR count). The van der Waals surface area contributed by atoms with E-state index in [1.54, 1.807) is 0 Å². The van der Waals surface area contributed by atoms with Crippen molar-refractivity contribution in [1.82, 2.24) is 4.90 Å². The first-order valence-electron chi connectivity index (χ1n) is 3.14. The Morgan fingerprint density at radius 3 is 2.33 bits per heavy atom. The molecule has 0 spiro atoms. The van der Waals surface area contributed by atoms with E-state index in [1.165, 1.54) is 0 Å². The molecule has 9 heavy (non-hydrogen) atoms. The molecule has 0 radical (unpaired) electrons. The van der Waals surface area contributed by atoms with Crippen LogP contribution >= 0.6 is 0 Å². The summed E-state index contributed by atoms with van der Waals surface area (Å²) in [6.45, 7) is 1.15. The van der Waals surface area contributed by atoms with Gasteiger partial charge in [0, 0.05) is 0 Å². The smallest absolute Gasteiger partial charge is 0.0950 e. The largest absolute Gasteiger partial charge is 0.389 e. The van der Waals surface area contributed by atoms with Gasteiger partial charge >= 0.3 is 0 Å². The molecular weight excluding hydrogens is 118 g/mol. The Balaban J connectivity index is 2.40. The fourth-order valence-corrected chi connectivity index (χ4v) is 1.02. The maximum atomic E-state index is 9.19. The van der Waals surface area contributed by atoms with E-state index in [2.05, 4.69) is 0 Å². The number of ether oxygens (including phenoxy) is 1. The summed E-state index contributed by atoms with van der Waals surface area (Å²) in [6.07, 6.45) is -0.292. The molecule has 3 heteroatoms. The van der Waals surface area contributed by atoms with Crippen LogP contribution in [0.15, 0.2) is 0 Å². The van der Waals surface area contributed by atoms with Crippen molar-refractivity contribution in [2.75, 3.05) is 27.3 Å². The molecule has 0 aromatic heterocycles. The van der Waals surface area contributed by atoms with E-state index in [4.69, 9.17) is 4.74 Å². The van der Waals surface area contributed by atoms with Crippen LogP contribution in [0.3, 0.4) is 0 Å². The van der Waals surface area contributed by atoms with Crippen molar-refractivity contribution in [2.45, 2.75) is 12.1 Å². The lowest BCUT2D eigenvalue weighted by Crippen LogP contribution is -2.37. The lowest BCUT2D eigenvalue weighted by Gasteiger charge is -2.19. The van der Waals surface area contributed by atoms with Crippen LogP contribution < -0.4 is 0 Å². The second-order valence-corrected chi connectivity index (χ2v) is 2.64. The normalized spacial score (nSPS) is 36.0. The lowest BCUT2D eigenvalue weighted by atomic mass is 10.2. The van der Waals surface area contributed by atoms with Gasteiger partial charge in [-0.2, -0.15) is 0 Å². The summed E-state index contributed by atoms with van der Waals surface area (Å²) in [7, 11) is 3.89. The van der Waals surface area contributed by atoms with Gasteiger partial charge in [0.25, 0.3) is 0 Å². The molecule has 1 aliphatic heterocycles. The minimum Gasteiger partial charge on any atom is -0.389 e. The van der Waals surface area contributed by atoms with Gasteiger partial charge in [0.2, 0.25) is 0 Å². The molecule has 1 fully saturated rings. The molecule has 1 saturated heterocycles. The zero-order valence-electron chi connectivity index (χ0n) is 5.87. The second kappa shape index (κ2) is 2.64. The summed E-state index contributed by atoms with van der Waals surface area (Å²) >= 11 is 0. The number of rotatable bonds is 1. The summed E-state index contributed by atoms with van der Waals surface area (Å²) in [4.78, 5) is 1.98. The van der Waals surface area contributed by atoms with E-state index in [0.29, 0.717) is 13.2 Å². The highest BCUT2D eigenvalue weighted by atomic mass is 16.5. The average molecular weight is 131 g/mol. The monoisotopic (exact) mass is 131 g/mol. The topological polar surface area (TPSA) is 32.7 Å². The van der Waals surface area contributed by atoms with Crippen LogP contribution in [0.5, 0.6) is 0 Å². The molecule has 0 saturated carbocycles. The third-order valence-corrected chi connectivity index (χ3v) is 1.68. The fourth-order valence-electron chi connectivity index (χ4n) is 1.02. The molecule has 0 aliphatic carbocycles. The van der Waals surface area contributed by atoms with E-state index in [-0.39, 0.29) is 12.1 Å². The molecular formula is C6H13NO2. The maximum Gasteiger partial charge on any atom is 0.0950 e. The number of aliphatic hydroxyl groups is 1. The standard InChI is InChI=1S/C6H13NO2/c1-7(2)5-3-9-4-6(5)8/h5-6,8H,3-4H2,1-2H3/t5-,6+/m0/s1. The van der Waals surface area contributed by atoms with Gasteiger partial charge in [0.1, 0.15) is 0 Å². The first-order chi connectivity index (χ1) is 4.22. The molecule has 3 nitrogen and oxygen atoms in total. The number of likely N-dealkylation sites (N-methyl/N-ethyl adjacent to an activating group) is 1. The molecule has 0 amide bonds. The Hall–Kier alpha value is -0.120. The maximum absolute atomic E-state index is 9.19. The summed E-state index contributed by atoms with van der Waals surface area (Å²) in [6, 6.07) is 0.199. The van der Waals surface area contributed by atoms with Crippen molar-refractivity contribution in [3.63, 3.8) is 0 Å². The zero-order chi connectivity index (χ0) is 6.85. The zero-order valence-corrected chi connectivity index (χ0v) is 5.87. The summed E-state index contributed by atoms with van der Waals surface area (Å²) < 4.78 is 5.04. The van der Waals surface area contributed by atoms with Gasteiger partial charge in [-0.3, -0.25) is 0 Å². The van der Waals surface area contributed by atoms with Gasteiger partial charge in [-0.1, -0.05) is 0 Å². The van der Waals surface area contributed by atoms with Crippen LogP contribution in [0.4, 0.5) is 0 Å². The minimum atomic E-state index is -0.292. The van der Waals surface area contributed by atoms with Gasteiger partial charge < -0.3 is 14.7 Å². The Kier molecular flexibility index (Phi) is 2.05. The number of hydrogen-bond donors (Lipinski definition) is 1. The van der Waals surface area contributed by atoms with Crippen molar-refractivity contribution < 1.29 is 9.84 Å². The van der Waals surface area contributed by atoms with Gasteiger partial charge in [-0.05, 0) is 14.1 Å². The van der Waals surface area contributed by atoms with Gasteiger partial charge in [-0.25, -0.2) is 0 Å². The molecule has 0 unspecified atom stereocenters. The molecule has 2 atom stereocenters. The first kappa shape index (κ1) is 6.99. The molecule has 1 aliphatic rings. The predicted octanol–water partition coefficient (Wildman–Crippen LogP) is -0.692.